The zero-order valence-electron chi connectivity index (χ0n) is 7.95. The van der Waals surface area contributed by atoms with Crippen molar-refractivity contribution in [1.29, 1.82) is 0 Å². The highest BCUT2D eigenvalue weighted by Crippen LogP contribution is 2.19. The molecule has 0 fully saturated rings. The van der Waals surface area contributed by atoms with E-state index >= 15 is 0 Å². The topological polar surface area (TPSA) is 15.8 Å². The van der Waals surface area contributed by atoms with E-state index in [-0.39, 0.29) is 0 Å². The molecule has 1 aromatic carbocycles. The summed E-state index contributed by atoms with van der Waals surface area (Å²) in [6, 6.07) is 12.3. The van der Waals surface area contributed by atoms with Crippen LogP contribution in [0.25, 0.3) is 11.1 Å². The van der Waals surface area contributed by atoms with E-state index in [1.165, 1.54) is 5.56 Å². The number of hydrogen-bond acceptors (Lipinski definition) is 1. The molecule has 14 heavy (non-hydrogen) atoms. The van der Waals surface area contributed by atoms with Crippen molar-refractivity contribution in [2.45, 2.75) is 6.92 Å². The van der Waals surface area contributed by atoms with Gasteiger partial charge in [0.25, 0.3) is 0 Å². The minimum Gasteiger partial charge on any atom is -0.352 e. The molecule has 0 amide bonds. The second kappa shape index (κ2) is 3.76. The minimum absolute atomic E-state index is 0.793. The lowest BCUT2D eigenvalue weighted by Crippen LogP contribution is -1.84. The standard InChI is InChI=1S/C12H11NS/c1-9-7-11(12(14)13-8-9)10-5-3-2-4-6-10/h2-8H,1H3,(H,13,14). The highest BCUT2D eigenvalue weighted by molar-refractivity contribution is 7.71. The molecule has 0 aliphatic carbocycles. The number of pyridine rings is 1. The van der Waals surface area contributed by atoms with Crippen LogP contribution < -0.4 is 0 Å². The van der Waals surface area contributed by atoms with Crippen molar-refractivity contribution in [3.05, 3.63) is 52.8 Å². The number of nitrogens with one attached hydrogen (secondary N) is 1. The quantitative estimate of drug-likeness (QED) is 0.695. The molecule has 0 saturated carbocycles. The van der Waals surface area contributed by atoms with Crippen molar-refractivity contribution in [1.82, 2.24) is 4.98 Å². The summed E-state index contributed by atoms with van der Waals surface area (Å²) in [5, 5.41) is 0. The maximum atomic E-state index is 5.24. The molecule has 1 N–H and O–H groups in total. The second-order valence-corrected chi connectivity index (χ2v) is 3.69. The SMILES string of the molecule is Cc1c[nH]c(=S)c(-c2ccccc2)c1. The van der Waals surface area contributed by atoms with Crippen LogP contribution in [0.2, 0.25) is 0 Å². The summed E-state index contributed by atoms with van der Waals surface area (Å²) in [6.07, 6.45) is 1.93. The fraction of sp³-hybridized carbons (Fsp3) is 0.0833. The molecule has 0 saturated heterocycles. The van der Waals surface area contributed by atoms with Crippen LogP contribution in [-0.2, 0) is 0 Å². The first-order valence-corrected chi connectivity index (χ1v) is 4.93. The molecular weight excluding hydrogens is 190 g/mol. The molecule has 1 heterocycles. The second-order valence-electron chi connectivity index (χ2n) is 3.29. The van der Waals surface area contributed by atoms with Crippen molar-refractivity contribution in [3.8, 4) is 11.1 Å². The summed E-state index contributed by atoms with van der Waals surface area (Å²) < 4.78 is 0.793. The number of aryl methyl sites for hydroxylation is 1. The maximum Gasteiger partial charge on any atom is 0.111 e. The van der Waals surface area contributed by atoms with Gasteiger partial charge in [0, 0.05) is 11.8 Å². The van der Waals surface area contributed by atoms with Crippen molar-refractivity contribution in [2.75, 3.05) is 0 Å². The minimum atomic E-state index is 0.793. The Bertz CT molecular complexity index is 485. The van der Waals surface area contributed by atoms with Crippen molar-refractivity contribution >= 4 is 12.2 Å². The van der Waals surface area contributed by atoms with Gasteiger partial charge in [0.2, 0.25) is 0 Å². The normalized spacial score (nSPS) is 10.1. The van der Waals surface area contributed by atoms with E-state index in [0.29, 0.717) is 0 Å². The first-order valence-electron chi connectivity index (χ1n) is 4.52. The third kappa shape index (κ3) is 1.75. The van der Waals surface area contributed by atoms with Crippen LogP contribution in [-0.4, -0.2) is 4.98 Å². The van der Waals surface area contributed by atoms with Crippen LogP contribution in [0.1, 0.15) is 5.56 Å². The van der Waals surface area contributed by atoms with Gasteiger partial charge in [-0.25, -0.2) is 0 Å². The monoisotopic (exact) mass is 201 g/mol. The predicted molar refractivity (Wildman–Crippen MR) is 61.8 cm³/mol. The van der Waals surface area contributed by atoms with Crippen LogP contribution in [0.3, 0.4) is 0 Å². The third-order valence-electron chi connectivity index (χ3n) is 2.13. The zero-order valence-corrected chi connectivity index (χ0v) is 8.77. The zero-order chi connectivity index (χ0) is 9.97. The fourth-order valence-electron chi connectivity index (χ4n) is 1.42. The van der Waals surface area contributed by atoms with Crippen LogP contribution >= 0.6 is 12.2 Å². The van der Waals surface area contributed by atoms with Gasteiger partial charge >= 0.3 is 0 Å². The van der Waals surface area contributed by atoms with Gasteiger partial charge < -0.3 is 4.98 Å². The van der Waals surface area contributed by atoms with Crippen LogP contribution in [0, 0.1) is 11.6 Å². The number of rotatable bonds is 1. The Labute approximate surface area is 88.4 Å². The van der Waals surface area contributed by atoms with Gasteiger partial charge in [-0.15, -0.1) is 0 Å². The molecule has 2 heteroatoms. The summed E-state index contributed by atoms with van der Waals surface area (Å²) in [5.41, 5.74) is 3.45. The number of benzene rings is 1. The summed E-state index contributed by atoms with van der Waals surface area (Å²) in [6.45, 7) is 2.05. The lowest BCUT2D eigenvalue weighted by Gasteiger charge is -2.02. The van der Waals surface area contributed by atoms with E-state index in [9.17, 15) is 0 Å². The van der Waals surface area contributed by atoms with E-state index in [4.69, 9.17) is 12.2 Å². The molecule has 70 valence electrons. The average Bonchev–Trinajstić information content (AvgIpc) is 2.23. The molecule has 0 unspecified atom stereocenters. The Kier molecular flexibility index (Phi) is 2.46. The molecule has 0 aliphatic rings. The molecule has 2 rings (SSSR count). The molecule has 0 aliphatic heterocycles. The molecule has 0 radical (unpaired) electrons. The third-order valence-corrected chi connectivity index (χ3v) is 2.47. The van der Waals surface area contributed by atoms with E-state index in [1.54, 1.807) is 0 Å². The lowest BCUT2D eigenvalue weighted by molar-refractivity contribution is 1.25. The summed E-state index contributed by atoms with van der Waals surface area (Å²) in [7, 11) is 0. The smallest absolute Gasteiger partial charge is 0.111 e. The Morgan fingerprint density at radius 2 is 1.86 bits per heavy atom. The van der Waals surface area contributed by atoms with Gasteiger partial charge in [-0.2, -0.15) is 0 Å². The Morgan fingerprint density at radius 3 is 2.57 bits per heavy atom. The predicted octanol–water partition coefficient (Wildman–Crippen LogP) is 3.72. The van der Waals surface area contributed by atoms with Gasteiger partial charge in [-0.1, -0.05) is 42.5 Å². The van der Waals surface area contributed by atoms with E-state index < -0.39 is 0 Å². The van der Waals surface area contributed by atoms with Crippen molar-refractivity contribution in [3.63, 3.8) is 0 Å². The number of H-pyrrole nitrogens is 1. The van der Waals surface area contributed by atoms with Gasteiger partial charge in [0.1, 0.15) is 4.64 Å². The largest absolute Gasteiger partial charge is 0.352 e. The van der Waals surface area contributed by atoms with Crippen LogP contribution in [0.15, 0.2) is 42.6 Å². The van der Waals surface area contributed by atoms with E-state index in [1.807, 2.05) is 24.4 Å². The molecule has 1 nitrogen and oxygen atoms in total. The van der Waals surface area contributed by atoms with Gasteiger partial charge in [-0.05, 0) is 24.1 Å². The van der Waals surface area contributed by atoms with Crippen molar-refractivity contribution in [2.24, 2.45) is 0 Å². The highest BCUT2D eigenvalue weighted by atomic mass is 32.1. The number of aromatic nitrogens is 1. The molecule has 2 aromatic rings. The summed E-state index contributed by atoms with van der Waals surface area (Å²) in [4.78, 5) is 3.08. The lowest BCUT2D eigenvalue weighted by atomic mass is 10.1. The Morgan fingerprint density at radius 1 is 1.14 bits per heavy atom. The molecular formula is C12H11NS. The first-order chi connectivity index (χ1) is 6.77. The van der Waals surface area contributed by atoms with Gasteiger partial charge in [0.05, 0.1) is 0 Å². The molecule has 0 atom stereocenters. The molecule has 1 aromatic heterocycles. The maximum absolute atomic E-state index is 5.24. The summed E-state index contributed by atoms with van der Waals surface area (Å²) in [5.74, 6) is 0. The van der Waals surface area contributed by atoms with E-state index in [2.05, 4.69) is 30.1 Å². The Balaban J connectivity index is 2.63. The number of aromatic amines is 1. The van der Waals surface area contributed by atoms with Gasteiger partial charge in [0.15, 0.2) is 0 Å². The van der Waals surface area contributed by atoms with Gasteiger partial charge in [-0.3, -0.25) is 0 Å². The number of hydrogen-bond donors (Lipinski definition) is 1. The fourth-order valence-corrected chi connectivity index (χ4v) is 1.66. The molecule has 0 bridgehead atoms. The van der Waals surface area contributed by atoms with Crippen LogP contribution in [0.5, 0.6) is 0 Å². The van der Waals surface area contributed by atoms with E-state index in [0.717, 1.165) is 15.8 Å². The summed E-state index contributed by atoms with van der Waals surface area (Å²) >= 11 is 5.24. The first kappa shape index (κ1) is 9.16. The average molecular weight is 201 g/mol. The molecule has 0 spiro atoms. The van der Waals surface area contributed by atoms with Crippen LogP contribution in [0.4, 0.5) is 0 Å². The highest BCUT2D eigenvalue weighted by Gasteiger charge is 1.98. The van der Waals surface area contributed by atoms with Crippen molar-refractivity contribution < 1.29 is 0 Å². The Hall–Kier alpha value is -1.41.